The van der Waals surface area contributed by atoms with Gasteiger partial charge in [0.2, 0.25) is 6.79 Å². The Kier molecular flexibility index (Phi) is 8.27. The first-order valence-electron chi connectivity index (χ1n) is 10.1. The van der Waals surface area contributed by atoms with Gasteiger partial charge in [0.1, 0.15) is 12.4 Å². The van der Waals surface area contributed by atoms with Crippen molar-refractivity contribution >= 4 is 35.8 Å². The molecule has 1 saturated heterocycles. The van der Waals surface area contributed by atoms with Gasteiger partial charge in [0.15, 0.2) is 23.2 Å². The Morgan fingerprint density at radius 3 is 2.65 bits per heavy atom. The Balaban J connectivity index is 0.00000272. The van der Waals surface area contributed by atoms with E-state index in [1.807, 2.05) is 30.0 Å². The Labute approximate surface area is 198 Å². The summed E-state index contributed by atoms with van der Waals surface area (Å²) >= 11 is 0. The molecule has 1 aromatic carbocycles. The van der Waals surface area contributed by atoms with Crippen LogP contribution in [0.2, 0.25) is 0 Å². The number of hydrogen-bond acceptors (Lipinski definition) is 6. The van der Waals surface area contributed by atoms with Crippen LogP contribution in [0, 0.1) is 0 Å². The summed E-state index contributed by atoms with van der Waals surface area (Å²) < 4.78 is 21.7. The summed E-state index contributed by atoms with van der Waals surface area (Å²) in [5, 5.41) is 3.32. The highest BCUT2D eigenvalue weighted by Crippen LogP contribution is 2.35. The predicted octanol–water partition coefficient (Wildman–Crippen LogP) is 2.43. The van der Waals surface area contributed by atoms with Gasteiger partial charge in [-0.25, -0.2) is 4.99 Å². The van der Waals surface area contributed by atoms with E-state index in [0.29, 0.717) is 50.8 Å². The minimum Gasteiger partial charge on any atom is -0.492 e. The SMILES string of the molecule is CCNC(=NCCOc1ccc2c(c1)OCO2)N1CCN(C(=O)c2ccco2)CC1.I. The fourth-order valence-electron chi connectivity index (χ4n) is 3.38. The van der Waals surface area contributed by atoms with Crippen molar-refractivity contribution in [3.05, 3.63) is 42.4 Å². The van der Waals surface area contributed by atoms with Crippen molar-refractivity contribution in [2.45, 2.75) is 6.92 Å². The van der Waals surface area contributed by atoms with Crippen LogP contribution in [0.25, 0.3) is 0 Å². The van der Waals surface area contributed by atoms with Crippen LogP contribution >= 0.6 is 24.0 Å². The number of amides is 1. The molecule has 1 N–H and O–H groups in total. The molecule has 3 heterocycles. The lowest BCUT2D eigenvalue weighted by Crippen LogP contribution is -2.53. The summed E-state index contributed by atoms with van der Waals surface area (Å²) in [5.74, 6) is 3.30. The highest BCUT2D eigenvalue weighted by molar-refractivity contribution is 14.0. The van der Waals surface area contributed by atoms with E-state index in [0.717, 1.165) is 24.0 Å². The lowest BCUT2D eigenvalue weighted by Gasteiger charge is -2.36. The van der Waals surface area contributed by atoms with E-state index in [1.54, 1.807) is 12.1 Å². The van der Waals surface area contributed by atoms with Gasteiger partial charge in [-0.2, -0.15) is 0 Å². The topological polar surface area (TPSA) is 88.8 Å². The van der Waals surface area contributed by atoms with Crippen molar-refractivity contribution in [1.82, 2.24) is 15.1 Å². The number of guanidine groups is 1. The van der Waals surface area contributed by atoms with Crippen LogP contribution in [-0.4, -0.2) is 74.3 Å². The van der Waals surface area contributed by atoms with Crippen molar-refractivity contribution in [2.24, 2.45) is 4.99 Å². The van der Waals surface area contributed by atoms with Gasteiger partial charge < -0.3 is 33.7 Å². The Hall–Kier alpha value is -2.63. The number of halogens is 1. The number of benzene rings is 1. The number of fused-ring (bicyclic) bond motifs is 1. The highest BCUT2D eigenvalue weighted by atomic mass is 127. The first-order valence-corrected chi connectivity index (χ1v) is 10.1. The standard InChI is InChI=1S/C21H26N4O5.HI/c1-2-22-21(23-7-13-27-16-5-6-17-19(14-16)30-15-29-17)25-10-8-24(9-11-25)20(26)18-4-3-12-28-18;/h3-6,12,14H,2,7-11,13,15H2,1H3,(H,22,23);1H. The van der Waals surface area contributed by atoms with Gasteiger partial charge in [-0.15, -0.1) is 24.0 Å². The lowest BCUT2D eigenvalue weighted by atomic mass is 10.3. The van der Waals surface area contributed by atoms with Gasteiger partial charge in [-0.1, -0.05) is 0 Å². The average molecular weight is 542 g/mol. The molecule has 31 heavy (non-hydrogen) atoms. The molecule has 4 rings (SSSR count). The van der Waals surface area contributed by atoms with Crippen molar-refractivity contribution in [3.8, 4) is 17.2 Å². The summed E-state index contributed by atoms with van der Waals surface area (Å²) in [6, 6.07) is 8.95. The molecule has 9 nitrogen and oxygen atoms in total. The van der Waals surface area contributed by atoms with E-state index in [9.17, 15) is 4.79 Å². The first-order chi connectivity index (χ1) is 14.7. The number of nitrogens with one attached hydrogen (secondary N) is 1. The Bertz CT molecular complexity index is 882. The molecule has 10 heteroatoms. The van der Waals surface area contributed by atoms with E-state index in [1.165, 1.54) is 6.26 Å². The van der Waals surface area contributed by atoms with Crippen LogP contribution in [0.15, 0.2) is 46.0 Å². The van der Waals surface area contributed by atoms with Crippen molar-refractivity contribution in [2.75, 3.05) is 52.7 Å². The number of aliphatic imine (C=N–C) groups is 1. The molecule has 168 valence electrons. The lowest BCUT2D eigenvalue weighted by molar-refractivity contribution is 0.0657. The van der Waals surface area contributed by atoms with Crippen molar-refractivity contribution in [3.63, 3.8) is 0 Å². The van der Waals surface area contributed by atoms with E-state index in [2.05, 4.69) is 15.2 Å². The molecule has 1 aromatic heterocycles. The fraction of sp³-hybridized carbons (Fsp3) is 0.429. The molecule has 0 bridgehead atoms. The second-order valence-corrected chi connectivity index (χ2v) is 6.86. The van der Waals surface area contributed by atoms with Crippen molar-refractivity contribution < 1.29 is 23.4 Å². The average Bonchev–Trinajstić information content (AvgIpc) is 3.47. The van der Waals surface area contributed by atoms with Gasteiger partial charge in [0, 0.05) is 38.8 Å². The van der Waals surface area contributed by atoms with Gasteiger partial charge in [0.25, 0.3) is 5.91 Å². The van der Waals surface area contributed by atoms with Crippen LogP contribution in [-0.2, 0) is 0 Å². The number of rotatable bonds is 6. The summed E-state index contributed by atoms with van der Waals surface area (Å²) in [6.45, 7) is 6.68. The van der Waals surface area contributed by atoms with Crippen LogP contribution in [0.1, 0.15) is 17.5 Å². The normalized spacial score (nSPS) is 15.5. The zero-order chi connectivity index (χ0) is 20.8. The van der Waals surface area contributed by atoms with Crippen LogP contribution in [0.4, 0.5) is 0 Å². The second kappa shape index (κ2) is 11.1. The molecule has 0 aliphatic carbocycles. The molecule has 0 saturated carbocycles. The fourth-order valence-corrected chi connectivity index (χ4v) is 3.38. The van der Waals surface area contributed by atoms with Gasteiger partial charge >= 0.3 is 0 Å². The number of hydrogen-bond donors (Lipinski definition) is 1. The van der Waals surface area contributed by atoms with Gasteiger partial charge in [-0.3, -0.25) is 4.79 Å². The molecule has 1 amide bonds. The third-order valence-electron chi connectivity index (χ3n) is 4.90. The minimum absolute atomic E-state index is 0. The maximum atomic E-state index is 12.4. The second-order valence-electron chi connectivity index (χ2n) is 6.86. The molecular weight excluding hydrogens is 515 g/mol. The zero-order valence-electron chi connectivity index (χ0n) is 17.4. The van der Waals surface area contributed by atoms with Gasteiger partial charge in [-0.05, 0) is 31.2 Å². The molecule has 0 unspecified atom stereocenters. The number of carbonyl (C=O) groups excluding carboxylic acids is 1. The van der Waals surface area contributed by atoms with Crippen molar-refractivity contribution in [1.29, 1.82) is 0 Å². The zero-order valence-corrected chi connectivity index (χ0v) is 19.7. The number of piperazine rings is 1. The maximum Gasteiger partial charge on any atom is 0.289 e. The molecular formula is C21H27IN4O5. The predicted molar refractivity (Wildman–Crippen MR) is 126 cm³/mol. The molecule has 2 aliphatic heterocycles. The molecule has 2 aliphatic rings. The Morgan fingerprint density at radius 2 is 1.90 bits per heavy atom. The van der Waals surface area contributed by atoms with E-state index >= 15 is 0 Å². The quantitative estimate of drug-likeness (QED) is 0.260. The monoisotopic (exact) mass is 542 g/mol. The largest absolute Gasteiger partial charge is 0.492 e. The van der Waals surface area contributed by atoms with Gasteiger partial charge in [0.05, 0.1) is 12.8 Å². The maximum absolute atomic E-state index is 12.4. The molecule has 0 atom stereocenters. The summed E-state index contributed by atoms with van der Waals surface area (Å²) in [5.41, 5.74) is 0. The number of ether oxygens (including phenoxy) is 3. The third-order valence-corrected chi connectivity index (χ3v) is 4.90. The smallest absolute Gasteiger partial charge is 0.289 e. The minimum atomic E-state index is -0.0706. The Morgan fingerprint density at radius 1 is 1.13 bits per heavy atom. The van der Waals surface area contributed by atoms with Crippen LogP contribution in [0.5, 0.6) is 17.2 Å². The highest BCUT2D eigenvalue weighted by Gasteiger charge is 2.25. The molecule has 0 radical (unpaired) electrons. The summed E-state index contributed by atoms with van der Waals surface area (Å²) in [4.78, 5) is 21.1. The van der Waals surface area contributed by atoms with E-state index in [4.69, 9.17) is 18.6 Å². The number of furan rings is 1. The molecule has 1 fully saturated rings. The van der Waals surface area contributed by atoms with E-state index < -0.39 is 0 Å². The first kappa shape index (κ1) is 23.0. The number of carbonyl (C=O) groups is 1. The third kappa shape index (κ3) is 5.75. The van der Waals surface area contributed by atoms with Crippen LogP contribution in [0.3, 0.4) is 0 Å². The van der Waals surface area contributed by atoms with E-state index in [-0.39, 0.29) is 36.7 Å². The number of nitrogens with zero attached hydrogens (tertiary/aromatic N) is 3. The summed E-state index contributed by atoms with van der Waals surface area (Å²) in [7, 11) is 0. The molecule has 0 spiro atoms. The van der Waals surface area contributed by atoms with Crippen LogP contribution < -0.4 is 19.5 Å². The molecule has 2 aromatic rings. The summed E-state index contributed by atoms with van der Waals surface area (Å²) in [6.07, 6.45) is 1.52.